The summed E-state index contributed by atoms with van der Waals surface area (Å²) >= 11 is 0. The van der Waals surface area contributed by atoms with Crippen LogP contribution in [0.1, 0.15) is 36.8 Å². The molecule has 0 radical (unpaired) electrons. The molecule has 0 amide bonds. The van der Waals surface area contributed by atoms with E-state index >= 15 is 0 Å². The lowest BCUT2D eigenvalue weighted by atomic mass is 9.75. The third-order valence-corrected chi connectivity index (χ3v) is 4.79. The fourth-order valence-electron chi connectivity index (χ4n) is 3.54. The van der Waals surface area contributed by atoms with Gasteiger partial charge in [-0.05, 0) is 36.8 Å². The number of hydrogen-bond acceptors (Lipinski definition) is 3. The van der Waals surface area contributed by atoms with Gasteiger partial charge in [0, 0.05) is 18.7 Å². The average molecular weight is 333 g/mol. The van der Waals surface area contributed by atoms with Crippen LogP contribution >= 0.6 is 0 Å². The van der Waals surface area contributed by atoms with E-state index in [-0.39, 0.29) is 17.5 Å². The Hall–Kier alpha value is -2.55. The maximum atomic E-state index is 12.6. The van der Waals surface area contributed by atoms with Gasteiger partial charge in [-0.3, -0.25) is 14.6 Å². The van der Waals surface area contributed by atoms with Crippen molar-refractivity contribution in [2.75, 3.05) is 6.54 Å². The first-order valence-electron chi connectivity index (χ1n) is 8.80. The molecular formula is C22H23NO2. The number of Topliss-reactive ketones (excluding diaryl/α,β-unsaturated/α-hetero) is 2. The lowest BCUT2D eigenvalue weighted by Gasteiger charge is -2.28. The quantitative estimate of drug-likeness (QED) is 0.776. The van der Waals surface area contributed by atoms with Gasteiger partial charge in [-0.25, -0.2) is 0 Å². The van der Waals surface area contributed by atoms with Gasteiger partial charge in [-0.2, -0.15) is 0 Å². The molecule has 2 aromatic rings. The summed E-state index contributed by atoms with van der Waals surface area (Å²) in [6.07, 6.45) is 1.93. The monoisotopic (exact) mass is 333 g/mol. The third-order valence-electron chi connectivity index (χ3n) is 4.79. The first kappa shape index (κ1) is 17.3. The van der Waals surface area contributed by atoms with E-state index in [9.17, 15) is 9.59 Å². The average Bonchev–Trinajstić information content (AvgIpc) is 2.62. The van der Waals surface area contributed by atoms with E-state index in [0.717, 1.165) is 17.7 Å². The molecule has 1 saturated carbocycles. The fraction of sp³-hybridized carbons (Fsp3) is 0.318. The second-order valence-corrected chi connectivity index (χ2v) is 6.63. The van der Waals surface area contributed by atoms with Gasteiger partial charge >= 0.3 is 0 Å². The largest absolute Gasteiger partial charge is 0.299 e. The van der Waals surface area contributed by atoms with E-state index < -0.39 is 5.92 Å². The summed E-state index contributed by atoms with van der Waals surface area (Å²) < 4.78 is 0. The Labute approximate surface area is 148 Å². The van der Waals surface area contributed by atoms with Crippen molar-refractivity contribution in [1.29, 1.82) is 0 Å². The molecule has 3 heteroatoms. The van der Waals surface area contributed by atoms with Crippen molar-refractivity contribution in [1.82, 2.24) is 0 Å². The molecule has 1 aliphatic rings. The number of nitrogens with zero attached hydrogens (tertiary/aromatic N) is 1. The van der Waals surface area contributed by atoms with Crippen molar-refractivity contribution in [2.45, 2.75) is 32.1 Å². The number of aliphatic imine (C=N–C) groups is 1. The molecule has 1 aliphatic carbocycles. The minimum absolute atomic E-state index is 0.00561. The second-order valence-electron chi connectivity index (χ2n) is 6.63. The molecule has 25 heavy (non-hydrogen) atoms. The van der Waals surface area contributed by atoms with Crippen LogP contribution in [0.5, 0.6) is 0 Å². The van der Waals surface area contributed by atoms with Gasteiger partial charge in [0.05, 0.1) is 0 Å². The second kappa shape index (κ2) is 8.02. The zero-order valence-corrected chi connectivity index (χ0v) is 14.5. The molecule has 0 unspecified atom stereocenters. The summed E-state index contributed by atoms with van der Waals surface area (Å²) in [7, 11) is 0. The maximum Gasteiger partial charge on any atom is 0.149 e. The number of ketones is 2. The zero-order valence-electron chi connectivity index (χ0n) is 14.5. The van der Waals surface area contributed by atoms with E-state index in [1.165, 1.54) is 12.5 Å². The SMILES string of the molecule is CC(=O)[C@@H]1C(=O)C[C@@H](c2ccccc2)CC1=NCCc1ccccc1. The molecule has 0 bridgehead atoms. The summed E-state index contributed by atoms with van der Waals surface area (Å²) in [5, 5.41) is 0. The van der Waals surface area contributed by atoms with Crippen LogP contribution in [0.3, 0.4) is 0 Å². The zero-order chi connectivity index (χ0) is 17.6. The standard InChI is InChI=1S/C22H23NO2/c1-16(24)22-20(23-13-12-17-8-4-2-5-9-17)14-19(15-21(22)25)18-10-6-3-7-11-18/h2-11,19,22H,12-15H2,1H3/t19-,22-/m0/s1. The molecule has 1 fully saturated rings. The van der Waals surface area contributed by atoms with Crippen LogP contribution in [0, 0.1) is 5.92 Å². The van der Waals surface area contributed by atoms with Gasteiger partial charge < -0.3 is 0 Å². The highest BCUT2D eigenvalue weighted by Crippen LogP contribution is 2.32. The maximum absolute atomic E-state index is 12.6. The Kier molecular flexibility index (Phi) is 5.54. The van der Waals surface area contributed by atoms with Crippen molar-refractivity contribution in [3.05, 3.63) is 71.8 Å². The Bertz CT molecular complexity index is 765. The van der Waals surface area contributed by atoms with E-state index in [4.69, 9.17) is 0 Å². The van der Waals surface area contributed by atoms with Gasteiger partial charge in [0.25, 0.3) is 0 Å². The predicted octanol–water partition coefficient (Wildman–Crippen LogP) is 4.02. The lowest BCUT2D eigenvalue weighted by molar-refractivity contribution is -0.129. The van der Waals surface area contributed by atoms with Gasteiger partial charge in [-0.15, -0.1) is 0 Å². The van der Waals surface area contributed by atoms with Crippen LogP contribution in [0.25, 0.3) is 0 Å². The molecule has 128 valence electrons. The highest BCUT2D eigenvalue weighted by molar-refractivity contribution is 6.22. The van der Waals surface area contributed by atoms with Gasteiger partial charge in [-0.1, -0.05) is 60.7 Å². The Morgan fingerprint density at radius 1 is 1.00 bits per heavy atom. The van der Waals surface area contributed by atoms with Gasteiger partial charge in [0.2, 0.25) is 0 Å². The van der Waals surface area contributed by atoms with Crippen molar-refractivity contribution < 1.29 is 9.59 Å². The molecule has 2 aromatic carbocycles. The van der Waals surface area contributed by atoms with Crippen LogP contribution in [-0.4, -0.2) is 23.8 Å². The highest BCUT2D eigenvalue weighted by atomic mass is 16.1. The molecule has 3 rings (SSSR count). The number of benzene rings is 2. The molecule has 0 aliphatic heterocycles. The molecule has 3 nitrogen and oxygen atoms in total. The Morgan fingerprint density at radius 3 is 2.28 bits per heavy atom. The van der Waals surface area contributed by atoms with Crippen LogP contribution in [0.15, 0.2) is 65.7 Å². The molecule has 0 N–H and O–H groups in total. The van der Waals surface area contributed by atoms with E-state index in [2.05, 4.69) is 17.1 Å². The molecule has 0 saturated heterocycles. The molecular weight excluding hydrogens is 310 g/mol. The first-order chi connectivity index (χ1) is 12.1. The smallest absolute Gasteiger partial charge is 0.149 e. The summed E-state index contributed by atoms with van der Waals surface area (Å²) in [5.41, 5.74) is 3.12. The van der Waals surface area contributed by atoms with Crippen molar-refractivity contribution in [3.63, 3.8) is 0 Å². The van der Waals surface area contributed by atoms with Crippen LogP contribution in [0.2, 0.25) is 0 Å². The van der Waals surface area contributed by atoms with Crippen LogP contribution in [0.4, 0.5) is 0 Å². The van der Waals surface area contributed by atoms with E-state index in [0.29, 0.717) is 19.4 Å². The Morgan fingerprint density at radius 2 is 1.64 bits per heavy atom. The minimum Gasteiger partial charge on any atom is -0.299 e. The normalized spacial score (nSPS) is 22.1. The van der Waals surface area contributed by atoms with Crippen molar-refractivity contribution >= 4 is 17.3 Å². The first-order valence-corrected chi connectivity index (χ1v) is 8.80. The molecule has 0 heterocycles. The van der Waals surface area contributed by atoms with Crippen molar-refractivity contribution in [3.8, 4) is 0 Å². The predicted molar refractivity (Wildman–Crippen MR) is 100 cm³/mol. The summed E-state index contributed by atoms with van der Waals surface area (Å²) in [6.45, 7) is 2.11. The Balaban J connectivity index is 1.78. The summed E-state index contributed by atoms with van der Waals surface area (Å²) in [5.74, 6) is -0.600. The topological polar surface area (TPSA) is 46.5 Å². The lowest BCUT2D eigenvalue weighted by Crippen LogP contribution is -2.37. The molecule has 0 aromatic heterocycles. The third kappa shape index (κ3) is 4.30. The highest BCUT2D eigenvalue weighted by Gasteiger charge is 2.36. The van der Waals surface area contributed by atoms with Crippen LogP contribution in [-0.2, 0) is 16.0 Å². The van der Waals surface area contributed by atoms with Gasteiger partial charge in [0.15, 0.2) is 0 Å². The fourth-order valence-corrected chi connectivity index (χ4v) is 3.54. The van der Waals surface area contributed by atoms with Crippen LogP contribution < -0.4 is 0 Å². The summed E-state index contributed by atoms with van der Waals surface area (Å²) in [4.78, 5) is 29.2. The minimum atomic E-state index is -0.643. The van der Waals surface area contributed by atoms with E-state index in [1.807, 2.05) is 48.5 Å². The van der Waals surface area contributed by atoms with Crippen molar-refractivity contribution in [2.24, 2.45) is 10.9 Å². The number of carbonyl (C=O) groups is 2. The number of hydrogen-bond donors (Lipinski definition) is 0. The summed E-state index contributed by atoms with van der Waals surface area (Å²) in [6, 6.07) is 20.2. The number of rotatable bonds is 5. The number of carbonyl (C=O) groups excluding carboxylic acids is 2. The van der Waals surface area contributed by atoms with Gasteiger partial charge in [0.1, 0.15) is 17.5 Å². The van der Waals surface area contributed by atoms with E-state index in [1.54, 1.807) is 0 Å². The molecule has 0 spiro atoms. The molecule has 2 atom stereocenters.